The third-order valence-electron chi connectivity index (χ3n) is 5.22. The summed E-state index contributed by atoms with van der Waals surface area (Å²) in [5.74, 6) is 0.624. The van der Waals surface area contributed by atoms with Crippen LogP contribution in [0.15, 0.2) is 76.4 Å². The third-order valence-corrected chi connectivity index (χ3v) is 7.26. The third kappa shape index (κ3) is 5.78. The predicted octanol–water partition coefficient (Wildman–Crippen LogP) is 6.68. The summed E-state index contributed by atoms with van der Waals surface area (Å²) >= 11 is 1.52. The minimum atomic E-state index is -3.91. The number of ether oxygens (including phenoxy) is 1. The van der Waals surface area contributed by atoms with Gasteiger partial charge in [0.15, 0.2) is 0 Å². The highest BCUT2D eigenvalue weighted by atomic mass is 32.2. The highest BCUT2D eigenvalue weighted by Crippen LogP contribution is 2.34. The first kappa shape index (κ1) is 26.1. The van der Waals surface area contributed by atoms with Gasteiger partial charge in [-0.15, -0.1) is 0 Å². The van der Waals surface area contributed by atoms with E-state index in [-0.39, 0.29) is 16.4 Å². The van der Waals surface area contributed by atoms with E-state index in [1.165, 1.54) is 11.3 Å². The lowest BCUT2D eigenvalue weighted by molar-refractivity contribution is 0.413. The first-order valence-electron chi connectivity index (χ1n) is 11.1. The van der Waals surface area contributed by atoms with E-state index in [9.17, 15) is 8.42 Å². The fourth-order valence-electron chi connectivity index (χ4n) is 3.49. The highest BCUT2D eigenvalue weighted by molar-refractivity contribution is 7.92. The van der Waals surface area contributed by atoms with Gasteiger partial charge in [-0.2, -0.15) is 11.3 Å². The minimum absolute atomic E-state index is 0.0897. The van der Waals surface area contributed by atoms with Crippen molar-refractivity contribution in [2.24, 2.45) is 0 Å². The maximum Gasteiger partial charge on any atom is 0.263 e. The van der Waals surface area contributed by atoms with Gasteiger partial charge < -0.3 is 4.74 Å². The van der Waals surface area contributed by atoms with Crippen LogP contribution in [-0.2, 0) is 10.0 Å². The zero-order valence-corrected chi connectivity index (χ0v) is 22.0. The Morgan fingerprint density at radius 1 is 1.00 bits per heavy atom. The van der Waals surface area contributed by atoms with Crippen LogP contribution in [0.4, 0.5) is 5.82 Å². The maximum absolute atomic E-state index is 13.1. The Hall–Kier alpha value is -3.49. The van der Waals surface area contributed by atoms with Crippen molar-refractivity contribution < 1.29 is 13.2 Å². The quantitative estimate of drug-likeness (QED) is 0.273. The van der Waals surface area contributed by atoms with Crippen LogP contribution in [0.1, 0.15) is 36.1 Å². The number of methoxy groups -OCH3 is 1. The lowest BCUT2D eigenvalue weighted by Gasteiger charge is -2.18. The van der Waals surface area contributed by atoms with E-state index < -0.39 is 10.0 Å². The zero-order valence-electron chi connectivity index (χ0n) is 20.4. The van der Waals surface area contributed by atoms with Crippen LogP contribution in [0.2, 0.25) is 0 Å². The van der Waals surface area contributed by atoms with Crippen molar-refractivity contribution in [3.05, 3.63) is 93.8 Å². The smallest absolute Gasteiger partial charge is 0.263 e. The summed E-state index contributed by atoms with van der Waals surface area (Å²) < 4.78 is 34.4. The second-order valence-electron chi connectivity index (χ2n) is 7.59. The van der Waals surface area contributed by atoms with Gasteiger partial charge >= 0.3 is 0 Å². The number of anilines is 1. The zero-order chi connectivity index (χ0) is 25.6. The van der Waals surface area contributed by atoms with Crippen LogP contribution < -0.4 is 9.46 Å². The topological polar surface area (TPSA) is 92.1 Å². The number of hydrogen-bond acceptors (Lipinski definition) is 6. The van der Waals surface area contributed by atoms with E-state index in [0.29, 0.717) is 22.4 Å². The lowest BCUT2D eigenvalue weighted by Crippen LogP contribution is -2.18. The van der Waals surface area contributed by atoms with Crippen molar-refractivity contribution in [3.8, 4) is 16.9 Å². The van der Waals surface area contributed by atoms with Gasteiger partial charge in [0.2, 0.25) is 0 Å². The van der Waals surface area contributed by atoms with Crippen LogP contribution in [0.3, 0.4) is 0 Å². The van der Waals surface area contributed by atoms with E-state index >= 15 is 0 Å². The van der Waals surface area contributed by atoms with Crippen LogP contribution >= 0.6 is 11.3 Å². The normalized spacial score (nSPS) is 10.8. The van der Waals surface area contributed by atoms with E-state index in [2.05, 4.69) is 9.71 Å². The van der Waals surface area contributed by atoms with E-state index in [1.54, 1.807) is 49.7 Å². The number of hydrogen-bond donors (Lipinski definition) is 2. The Balaban J connectivity index is 0.00000167. The largest absolute Gasteiger partial charge is 0.496 e. The lowest BCUT2D eigenvalue weighted by atomic mass is 9.94. The number of aromatic nitrogens is 1. The molecule has 4 rings (SSSR count). The van der Waals surface area contributed by atoms with Crippen molar-refractivity contribution >= 4 is 32.9 Å². The molecule has 0 amide bonds. The van der Waals surface area contributed by atoms with Crippen molar-refractivity contribution in [3.63, 3.8) is 0 Å². The molecule has 0 aliphatic heterocycles. The molecule has 2 aromatic carbocycles. The summed E-state index contributed by atoms with van der Waals surface area (Å²) in [7, 11) is -2.36. The Bertz CT molecular complexity index is 1410. The number of benzene rings is 2. The summed E-state index contributed by atoms with van der Waals surface area (Å²) in [6.07, 6.45) is 1.54. The number of thiophene rings is 1. The molecule has 0 saturated carbocycles. The van der Waals surface area contributed by atoms with Gasteiger partial charge in [-0.3, -0.25) is 10.1 Å². The van der Waals surface area contributed by atoms with Crippen LogP contribution in [0.25, 0.3) is 11.1 Å². The second-order valence-corrected chi connectivity index (χ2v) is 10.1. The molecule has 6 nitrogen and oxygen atoms in total. The highest BCUT2D eigenvalue weighted by Gasteiger charge is 2.24. The molecule has 35 heavy (non-hydrogen) atoms. The summed E-state index contributed by atoms with van der Waals surface area (Å²) in [4.78, 5) is 4.45. The van der Waals surface area contributed by atoms with E-state index in [1.807, 2.05) is 56.7 Å². The Kier molecular flexibility index (Phi) is 8.43. The molecule has 2 aromatic heterocycles. The summed E-state index contributed by atoms with van der Waals surface area (Å²) in [6.45, 7) is 7.84. The molecule has 0 atom stereocenters. The predicted molar refractivity (Wildman–Crippen MR) is 145 cm³/mol. The first-order chi connectivity index (χ1) is 16.8. The van der Waals surface area contributed by atoms with E-state index in [4.69, 9.17) is 10.1 Å². The van der Waals surface area contributed by atoms with E-state index in [0.717, 1.165) is 16.7 Å². The molecule has 2 N–H and O–H groups in total. The molecule has 0 saturated heterocycles. The summed E-state index contributed by atoms with van der Waals surface area (Å²) in [5.41, 5.74) is 4.58. The molecule has 0 spiro atoms. The van der Waals surface area contributed by atoms with Crippen molar-refractivity contribution in [2.75, 3.05) is 11.8 Å². The number of sulfonamides is 1. The second kappa shape index (κ2) is 11.3. The SMILES string of the molecule is CC.COc1cc(C)ccc1C(=N)c1c(-c2ccsc2)ccnc1NS(=O)(=O)c1ccc(C)cc1. The van der Waals surface area contributed by atoms with Crippen molar-refractivity contribution in [2.45, 2.75) is 32.6 Å². The molecular formula is C27H29N3O3S2. The van der Waals surface area contributed by atoms with Gasteiger partial charge in [0.25, 0.3) is 10.0 Å². The molecule has 2 heterocycles. The van der Waals surface area contributed by atoms with Gasteiger partial charge in [0, 0.05) is 11.8 Å². The first-order valence-corrected chi connectivity index (χ1v) is 13.6. The van der Waals surface area contributed by atoms with Crippen LogP contribution in [0.5, 0.6) is 5.75 Å². The number of aryl methyl sites for hydroxylation is 2. The molecule has 0 radical (unpaired) electrons. The van der Waals surface area contributed by atoms with Gasteiger partial charge in [0.1, 0.15) is 11.6 Å². The maximum atomic E-state index is 13.1. The molecule has 8 heteroatoms. The molecule has 182 valence electrons. The average Bonchev–Trinajstić information content (AvgIpc) is 3.39. The van der Waals surface area contributed by atoms with Gasteiger partial charge in [-0.1, -0.05) is 37.6 Å². The van der Waals surface area contributed by atoms with Gasteiger partial charge in [-0.05, 0) is 77.7 Å². The Morgan fingerprint density at radius 3 is 2.31 bits per heavy atom. The molecule has 0 fully saturated rings. The molecule has 0 unspecified atom stereocenters. The van der Waals surface area contributed by atoms with Gasteiger partial charge in [0.05, 0.1) is 23.3 Å². The molecule has 4 aromatic rings. The van der Waals surface area contributed by atoms with Crippen LogP contribution in [-0.4, -0.2) is 26.2 Å². The van der Waals surface area contributed by atoms with Gasteiger partial charge in [-0.25, -0.2) is 13.4 Å². The molecule has 0 aliphatic rings. The summed E-state index contributed by atoms with van der Waals surface area (Å²) in [6, 6.07) is 15.8. The van der Waals surface area contributed by atoms with Crippen molar-refractivity contribution in [1.82, 2.24) is 4.98 Å². The number of nitrogens with zero attached hydrogens (tertiary/aromatic N) is 1. The fraction of sp³-hybridized carbons (Fsp3) is 0.185. The van der Waals surface area contributed by atoms with Crippen LogP contribution in [0, 0.1) is 19.3 Å². The molecule has 0 bridgehead atoms. The average molecular weight is 508 g/mol. The Labute approximate surface area is 211 Å². The minimum Gasteiger partial charge on any atom is -0.496 e. The number of pyridine rings is 1. The summed E-state index contributed by atoms with van der Waals surface area (Å²) in [5, 5.41) is 13.0. The monoisotopic (exact) mass is 507 g/mol. The molecule has 0 aliphatic carbocycles. The standard InChI is InChI=1S/C25H23N3O3S2.C2H6/c1-16-4-7-19(8-5-16)33(29,30)28-25-23(20(10-12-27-25)18-11-13-32-15-18)24(26)21-9-6-17(2)14-22(21)31-3;1-2/h4-15,26H,1-3H3,(H,27,28);1-2H3. The number of nitrogens with one attached hydrogen (secondary N) is 2. The Morgan fingerprint density at radius 2 is 1.69 bits per heavy atom. The molecular weight excluding hydrogens is 478 g/mol. The van der Waals surface area contributed by atoms with Crippen molar-refractivity contribution in [1.29, 1.82) is 5.41 Å². The number of rotatable bonds is 7. The fourth-order valence-corrected chi connectivity index (χ4v) is 5.17.